The molecule has 0 aromatic heterocycles. The number of rotatable bonds is 17. The fourth-order valence-corrected chi connectivity index (χ4v) is 2.45. The van der Waals surface area contributed by atoms with E-state index < -0.39 is 0 Å². The molecule has 0 aliphatic heterocycles. The predicted octanol–water partition coefficient (Wildman–Crippen LogP) is 5.05. The van der Waals surface area contributed by atoms with Gasteiger partial charge in [0, 0.05) is 25.9 Å². The second kappa shape index (κ2) is 19.7. The molecule has 2 amide bonds. The number of nitrogens with one attached hydrogen (secondary N) is 2. The van der Waals surface area contributed by atoms with E-state index in [4.69, 9.17) is 0 Å². The topological polar surface area (TPSA) is 58.2 Å². The van der Waals surface area contributed by atoms with Crippen LogP contribution >= 0.6 is 0 Å². The first kappa shape index (κ1) is 24.4. The van der Waals surface area contributed by atoms with Gasteiger partial charge in [0.2, 0.25) is 11.8 Å². The van der Waals surface area contributed by atoms with Crippen LogP contribution in [0.15, 0.2) is 24.3 Å². The van der Waals surface area contributed by atoms with E-state index in [0.717, 1.165) is 64.5 Å². The molecule has 2 N–H and O–H groups in total. The molecule has 150 valence electrons. The van der Waals surface area contributed by atoms with Gasteiger partial charge in [0.25, 0.3) is 0 Å². The number of unbranched alkanes of at least 4 members (excludes halogenated alkanes) is 5. The largest absolute Gasteiger partial charge is 0.356 e. The smallest absolute Gasteiger partial charge is 0.219 e. The van der Waals surface area contributed by atoms with Crippen molar-refractivity contribution >= 4 is 11.8 Å². The lowest BCUT2D eigenvalue weighted by atomic mass is 10.1. The van der Waals surface area contributed by atoms with Crippen molar-refractivity contribution in [2.24, 2.45) is 0 Å². The summed E-state index contributed by atoms with van der Waals surface area (Å²) in [4.78, 5) is 23.4. The van der Waals surface area contributed by atoms with Crippen LogP contribution in [0.5, 0.6) is 0 Å². The number of carbonyl (C=O) groups is 2. The Kier molecular flexibility index (Phi) is 18.5. The van der Waals surface area contributed by atoms with E-state index in [9.17, 15) is 9.59 Å². The van der Waals surface area contributed by atoms with Crippen molar-refractivity contribution in [3.63, 3.8) is 0 Å². The summed E-state index contributed by atoms with van der Waals surface area (Å²) in [6, 6.07) is 0. The molecule has 0 aromatic carbocycles. The Hall–Kier alpha value is -1.58. The highest BCUT2D eigenvalue weighted by molar-refractivity contribution is 5.77. The normalized spacial score (nSPS) is 11.3. The zero-order valence-electron chi connectivity index (χ0n) is 17.0. The molecule has 0 heterocycles. The Morgan fingerprint density at radius 2 is 1.00 bits per heavy atom. The Bertz CT molecular complexity index is 365. The van der Waals surface area contributed by atoms with E-state index in [2.05, 4.69) is 48.8 Å². The molecule has 0 atom stereocenters. The fraction of sp³-hybridized carbons (Fsp3) is 0.727. The summed E-state index contributed by atoms with van der Waals surface area (Å²) < 4.78 is 0. The summed E-state index contributed by atoms with van der Waals surface area (Å²) in [6.45, 7) is 5.81. The first-order chi connectivity index (χ1) is 12.7. The maximum Gasteiger partial charge on any atom is 0.219 e. The monoisotopic (exact) mass is 364 g/mol. The van der Waals surface area contributed by atoms with Crippen LogP contribution in [0.3, 0.4) is 0 Å². The summed E-state index contributed by atoms with van der Waals surface area (Å²) >= 11 is 0. The summed E-state index contributed by atoms with van der Waals surface area (Å²) in [5.41, 5.74) is 0. The molecule has 4 nitrogen and oxygen atoms in total. The first-order valence-corrected chi connectivity index (χ1v) is 10.5. The SMILES string of the molecule is CCC/C=C/CCCNC(=O)CCCCC(=O)NCCC/C=C/CCC. The Morgan fingerprint density at radius 3 is 1.38 bits per heavy atom. The third-order valence-corrected chi connectivity index (χ3v) is 4.04. The van der Waals surface area contributed by atoms with Gasteiger partial charge in [0.15, 0.2) is 0 Å². The van der Waals surface area contributed by atoms with E-state index in [0.29, 0.717) is 12.8 Å². The average Bonchev–Trinajstić information content (AvgIpc) is 2.64. The van der Waals surface area contributed by atoms with Crippen LogP contribution in [0.1, 0.15) is 90.9 Å². The van der Waals surface area contributed by atoms with Gasteiger partial charge in [0.1, 0.15) is 0 Å². The molecule has 0 aromatic rings. The molecular weight excluding hydrogens is 324 g/mol. The summed E-state index contributed by atoms with van der Waals surface area (Å²) in [5.74, 6) is 0.198. The lowest BCUT2D eigenvalue weighted by Gasteiger charge is -2.05. The van der Waals surface area contributed by atoms with E-state index in [1.54, 1.807) is 0 Å². The van der Waals surface area contributed by atoms with Gasteiger partial charge < -0.3 is 10.6 Å². The van der Waals surface area contributed by atoms with Gasteiger partial charge in [-0.3, -0.25) is 9.59 Å². The van der Waals surface area contributed by atoms with Gasteiger partial charge >= 0.3 is 0 Å². The average molecular weight is 365 g/mol. The van der Waals surface area contributed by atoms with Crippen LogP contribution in [0, 0.1) is 0 Å². The van der Waals surface area contributed by atoms with Gasteiger partial charge in [-0.2, -0.15) is 0 Å². The van der Waals surface area contributed by atoms with E-state index in [-0.39, 0.29) is 11.8 Å². The minimum atomic E-state index is 0.0989. The fourth-order valence-electron chi connectivity index (χ4n) is 2.45. The molecule has 0 aliphatic carbocycles. The summed E-state index contributed by atoms with van der Waals surface area (Å²) in [7, 11) is 0. The maximum absolute atomic E-state index is 11.7. The van der Waals surface area contributed by atoms with Crippen LogP contribution in [0.2, 0.25) is 0 Å². The maximum atomic E-state index is 11.7. The van der Waals surface area contributed by atoms with E-state index in [1.807, 2.05) is 0 Å². The standard InChI is InChI=1S/C22H40N2O2/c1-3-5-7-9-11-15-19-23-21(25)17-13-14-18-22(26)24-20-16-12-10-8-6-4-2/h7-10H,3-6,11-20H2,1-2H3,(H,23,25)(H,24,26)/b9-7+,10-8+. The quantitative estimate of drug-likeness (QED) is 0.280. The third-order valence-electron chi connectivity index (χ3n) is 4.04. The zero-order chi connectivity index (χ0) is 19.3. The highest BCUT2D eigenvalue weighted by atomic mass is 16.2. The van der Waals surface area contributed by atoms with Gasteiger partial charge in [-0.1, -0.05) is 51.0 Å². The lowest BCUT2D eigenvalue weighted by molar-refractivity contribution is -0.123. The van der Waals surface area contributed by atoms with Crippen molar-refractivity contribution in [3.05, 3.63) is 24.3 Å². The molecule has 4 heteroatoms. The second-order valence-electron chi connectivity index (χ2n) is 6.71. The molecule has 0 saturated heterocycles. The first-order valence-electron chi connectivity index (χ1n) is 10.5. The second-order valence-corrected chi connectivity index (χ2v) is 6.71. The van der Waals surface area contributed by atoms with Crippen LogP contribution in [0.4, 0.5) is 0 Å². The Balaban J connectivity index is 3.41. The molecule has 0 radical (unpaired) electrons. The zero-order valence-corrected chi connectivity index (χ0v) is 17.0. The predicted molar refractivity (Wildman–Crippen MR) is 111 cm³/mol. The molecule has 26 heavy (non-hydrogen) atoms. The van der Waals surface area contributed by atoms with Crippen LogP contribution in [-0.2, 0) is 9.59 Å². The highest BCUT2D eigenvalue weighted by Gasteiger charge is 2.03. The molecule has 0 aliphatic rings. The third kappa shape index (κ3) is 18.8. The van der Waals surface area contributed by atoms with Crippen molar-refractivity contribution in [3.8, 4) is 0 Å². The highest BCUT2D eigenvalue weighted by Crippen LogP contribution is 2.01. The van der Waals surface area contributed by atoms with Crippen molar-refractivity contribution in [1.29, 1.82) is 0 Å². The molecule has 0 saturated carbocycles. The van der Waals surface area contributed by atoms with Crippen LogP contribution in [0.25, 0.3) is 0 Å². The number of carbonyl (C=O) groups excluding carboxylic acids is 2. The van der Waals surface area contributed by atoms with Crippen molar-refractivity contribution in [1.82, 2.24) is 10.6 Å². The number of hydrogen-bond acceptors (Lipinski definition) is 2. The molecule has 0 fully saturated rings. The van der Waals surface area contributed by atoms with Crippen molar-refractivity contribution in [2.45, 2.75) is 90.9 Å². The Labute approximate surface area is 160 Å². The minimum Gasteiger partial charge on any atom is -0.356 e. The molecular formula is C22H40N2O2. The van der Waals surface area contributed by atoms with Crippen molar-refractivity contribution < 1.29 is 9.59 Å². The summed E-state index contributed by atoms with van der Waals surface area (Å²) in [5, 5.41) is 5.89. The molecule has 0 spiro atoms. The molecule has 0 unspecified atom stereocenters. The van der Waals surface area contributed by atoms with Gasteiger partial charge in [-0.25, -0.2) is 0 Å². The molecule has 0 rings (SSSR count). The molecule has 0 bridgehead atoms. The Morgan fingerprint density at radius 1 is 0.615 bits per heavy atom. The van der Waals surface area contributed by atoms with Gasteiger partial charge in [-0.15, -0.1) is 0 Å². The number of allylic oxidation sites excluding steroid dienone is 4. The van der Waals surface area contributed by atoms with E-state index in [1.165, 1.54) is 12.8 Å². The van der Waals surface area contributed by atoms with Crippen molar-refractivity contribution in [2.75, 3.05) is 13.1 Å². The van der Waals surface area contributed by atoms with Crippen LogP contribution < -0.4 is 10.6 Å². The van der Waals surface area contributed by atoms with E-state index >= 15 is 0 Å². The number of hydrogen-bond donors (Lipinski definition) is 2. The number of amides is 2. The minimum absolute atomic E-state index is 0.0989. The van der Waals surface area contributed by atoms with Crippen LogP contribution in [-0.4, -0.2) is 24.9 Å². The summed E-state index contributed by atoms with van der Waals surface area (Å²) in [6.07, 6.45) is 20.0. The van der Waals surface area contributed by atoms with Gasteiger partial charge in [-0.05, 0) is 51.4 Å². The van der Waals surface area contributed by atoms with Gasteiger partial charge in [0.05, 0.1) is 0 Å². The lowest BCUT2D eigenvalue weighted by Crippen LogP contribution is -2.25.